The highest BCUT2D eigenvalue weighted by Gasteiger charge is 2.19. The van der Waals surface area contributed by atoms with Gasteiger partial charge in [-0.2, -0.15) is 5.26 Å². The van der Waals surface area contributed by atoms with Crippen molar-refractivity contribution in [2.75, 3.05) is 14.2 Å². The van der Waals surface area contributed by atoms with Crippen LogP contribution in [0.15, 0.2) is 72.1 Å². The maximum Gasteiger partial charge on any atom is 0.146 e. The molecule has 0 bridgehead atoms. The number of benzene rings is 2. The van der Waals surface area contributed by atoms with Gasteiger partial charge in [0.05, 0.1) is 31.5 Å². The molecule has 2 heterocycles. The van der Waals surface area contributed by atoms with Crippen LogP contribution in [0.5, 0.6) is 11.5 Å². The Labute approximate surface area is 168 Å². The van der Waals surface area contributed by atoms with E-state index in [4.69, 9.17) is 14.5 Å². The number of nitriles is 1. The molecule has 29 heavy (non-hydrogen) atoms. The van der Waals surface area contributed by atoms with Gasteiger partial charge < -0.3 is 9.47 Å². The molecule has 0 amide bonds. The molecule has 0 N–H and O–H groups in total. The van der Waals surface area contributed by atoms with Gasteiger partial charge in [0.2, 0.25) is 0 Å². The summed E-state index contributed by atoms with van der Waals surface area (Å²) in [6, 6.07) is 17.5. The van der Waals surface area contributed by atoms with Gasteiger partial charge in [-0.25, -0.2) is 4.99 Å². The van der Waals surface area contributed by atoms with Gasteiger partial charge in [-0.1, -0.05) is 24.3 Å². The Morgan fingerprint density at radius 1 is 1.07 bits per heavy atom. The van der Waals surface area contributed by atoms with Crippen LogP contribution >= 0.6 is 0 Å². The molecular formula is C23H18N4O2. The summed E-state index contributed by atoms with van der Waals surface area (Å²) in [5.74, 6) is 2.11. The summed E-state index contributed by atoms with van der Waals surface area (Å²) in [6.07, 6.45) is 6.91. The Morgan fingerprint density at radius 2 is 1.83 bits per heavy atom. The van der Waals surface area contributed by atoms with Crippen molar-refractivity contribution in [3.63, 3.8) is 0 Å². The van der Waals surface area contributed by atoms with Gasteiger partial charge in [0.15, 0.2) is 0 Å². The van der Waals surface area contributed by atoms with E-state index in [1.807, 2.05) is 52.9 Å². The minimum atomic E-state index is 0.518. The molecule has 0 radical (unpaired) electrons. The number of aliphatic imine (C=N–C) groups is 1. The zero-order valence-electron chi connectivity index (χ0n) is 16.0. The summed E-state index contributed by atoms with van der Waals surface area (Å²) in [6.45, 7) is 0. The van der Waals surface area contributed by atoms with Crippen LogP contribution in [-0.4, -0.2) is 29.8 Å². The van der Waals surface area contributed by atoms with E-state index >= 15 is 0 Å². The van der Waals surface area contributed by atoms with Crippen LogP contribution in [0.25, 0.3) is 16.6 Å². The van der Waals surface area contributed by atoms with Crippen molar-refractivity contribution >= 4 is 17.5 Å². The molecule has 0 atom stereocenters. The first kappa shape index (κ1) is 18.3. The van der Waals surface area contributed by atoms with Crippen molar-refractivity contribution in [3.05, 3.63) is 78.2 Å². The standard InChI is InChI=1S/C23H18N4O2/c1-28-18-7-3-5-16(11-18)14-26-23-22(17-6-4-8-19(12-17)29-2)20(13-24)21-15-25-9-10-27(21)23/h3-12,14-15H,1-2H3/b26-14+. The Hall–Kier alpha value is -4.11. The SMILES string of the molecule is COc1cccc(/C=N/c2c(-c3cccc(OC)c3)c(C#N)c3cnccn23)c1. The van der Waals surface area contributed by atoms with Crippen LogP contribution < -0.4 is 9.47 Å². The summed E-state index contributed by atoms with van der Waals surface area (Å²) in [7, 11) is 3.25. The number of ether oxygens (including phenoxy) is 2. The average Bonchev–Trinajstić information content (AvgIpc) is 3.11. The molecule has 0 saturated heterocycles. The normalized spacial score (nSPS) is 10.9. The largest absolute Gasteiger partial charge is 0.497 e. The van der Waals surface area contributed by atoms with Gasteiger partial charge in [-0.15, -0.1) is 0 Å². The molecule has 0 aliphatic rings. The van der Waals surface area contributed by atoms with E-state index in [2.05, 4.69) is 11.1 Å². The molecule has 2 aromatic carbocycles. The highest BCUT2D eigenvalue weighted by atomic mass is 16.5. The Morgan fingerprint density at radius 3 is 2.59 bits per heavy atom. The van der Waals surface area contributed by atoms with Gasteiger partial charge >= 0.3 is 0 Å². The van der Waals surface area contributed by atoms with Crippen molar-refractivity contribution in [1.82, 2.24) is 9.38 Å². The van der Waals surface area contributed by atoms with Crippen LogP contribution in [0, 0.1) is 11.3 Å². The monoisotopic (exact) mass is 382 g/mol. The second kappa shape index (κ2) is 7.87. The van der Waals surface area contributed by atoms with E-state index in [9.17, 15) is 5.26 Å². The van der Waals surface area contributed by atoms with Crippen molar-refractivity contribution < 1.29 is 9.47 Å². The first-order valence-corrected chi connectivity index (χ1v) is 8.96. The second-order valence-corrected chi connectivity index (χ2v) is 6.28. The number of fused-ring (bicyclic) bond motifs is 1. The quantitative estimate of drug-likeness (QED) is 0.471. The van der Waals surface area contributed by atoms with Crippen LogP contribution in [0.2, 0.25) is 0 Å². The molecule has 0 fully saturated rings. The number of methoxy groups -OCH3 is 2. The van der Waals surface area contributed by atoms with Gasteiger partial charge in [-0.05, 0) is 35.4 Å². The van der Waals surface area contributed by atoms with E-state index in [-0.39, 0.29) is 0 Å². The highest BCUT2D eigenvalue weighted by molar-refractivity contribution is 5.92. The molecule has 4 aromatic rings. The lowest BCUT2D eigenvalue weighted by atomic mass is 10.0. The first-order valence-electron chi connectivity index (χ1n) is 8.96. The predicted octanol–water partition coefficient (Wildman–Crippen LogP) is 4.64. The fourth-order valence-electron chi connectivity index (χ4n) is 3.24. The Kier molecular flexibility index (Phi) is 4.95. The zero-order valence-corrected chi connectivity index (χ0v) is 16.0. The van der Waals surface area contributed by atoms with Gasteiger partial charge in [0.1, 0.15) is 23.4 Å². The number of aromatic nitrogens is 2. The third-order valence-corrected chi connectivity index (χ3v) is 4.62. The zero-order chi connectivity index (χ0) is 20.2. The number of rotatable bonds is 5. The lowest BCUT2D eigenvalue weighted by molar-refractivity contribution is 0.414. The summed E-state index contributed by atoms with van der Waals surface area (Å²) in [4.78, 5) is 8.92. The van der Waals surface area contributed by atoms with Crippen molar-refractivity contribution in [2.45, 2.75) is 0 Å². The van der Waals surface area contributed by atoms with E-state index in [1.54, 1.807) is 39.0 Å². The fourth-order valence-corrected chi connectivity index (χ4v) is 3.24. The molecule has 0 spiro atoms. The third-order valence-electron chi connectivity index (χ3n) is 4.62. The fraction of sp³-hybridized carbons (Fsp3) is 0.0870. The predicted molar refractivity (Wildman–Crippen MR) is 112 cm³/mol. The Balaban J connectivity index is 1.94. The van der Waals surface area contributed by atoms with E-state index in [1.165, 1.54) is 0 Å². The highest BCUT2D eigenvalue weighted by Crippen LogP contribution is 2.39. The molecule has 0 aliphatic carbocycles. The molecule has 6 heteroatoms. The lowest BCUT2D eigenvalue weighted by Gasteiger charge is -2.05. The minimum Gasteiger partial charge on any atom is -0.497 e. The van der Waals surface area contributed by atoms with Crippen LogP contribution in [-0.2, 0) is 0 Å². The van der Waals surface area contributed by atoms with Crippen molar-refractivity contribution in [1.29, 1.82) is 5.26 Å². The van der Waals surface area contributed by atoms with Crippen LogP contribution in [0.4, 0.5) is 5.82 Å². The summed E-state index contributed by atoms with van der Waals surface area (Å²) in [5.41, 5.74) is 3.69. The smallest absolute Gasteiger partial charge is 0.146 e. The first-order chi connectivity index (χ1) is 14.2. The molecular weight excluding hydrogens is 364 g/mol. The molecule has 4 rings (SSSR count). The molecule has 6 nitrogen and oxygen atoms in total. The van der Waals surface area contributed by atoms with Gasteiger partial charge in [0, 0.05) is 24.2 Å². The van der Waals surface area contributed by atoms with Crippen molar-refractivity contribution in [3.8, 4) is 28.7 Å². The Bertz CT molecular complexity index is 1250. The van der Waals surface area contributed by atoms with Crippen LogP contribution in [0.1, 0.15) is 11.1 Å². The van der Waals surface area contributed by atoms with Gasteiger partial charge in [-0.3, -0.25) is 9.38 Å². The molecule has 0 aliphatic heterocycles. The molecule has 2 aromatic heterocycles. The summed E-state index contributed by atoms with van der Waals surface area (Å²) >= 11 is 0. The topological polar surface area (TPSA) is 71.9 Å². The van der Waals surface area contributed by atoms with E-state index in [0.717, 1.165) is 22.4 Å². The van der Waals surface area contributed by atoms with Gasteiger partial charge in [0.25, 0.3) is 0 Å². The summed E-state index contributed by atoms with van der Waals surface area (Å²) in [5, 5.41) is 9.88. The number of nitrogens with zero attached hydrogens (tertiary/aromatic N) is 4. The summed E-state index contributed by atoms with van der Waals surface area (Å²) < 4.78 is 12.5. The number of hydrogen-bond donors (Lipinski definition) is 0. The average molecular weight is 382 g/mol. The second-order valence-electron chi connectivity index (χ2n) is 6.28. The maximum atomic E-state index is 9.88. The molecule has 0 saturated carbocycles. The maximum absolute atomic E-state index is 9.88. The third kappa shape index (κ3) is 3.42. The molecule has 142 valence electrons. The van der Waals surface area contributed by atoms with E-state index in [0.29, 0.717) is 22.6 Å². The van der Waals surface area contributed by atoms with E-state index < -0.39 is 0 Å². The lowest BCUT2D eigenvalue weighted by Crippen LogP contribution is -1.88. The van der Waals surface area contributed by atoms with Crippen molar-refractivity contribution in [2.24, 2.45) is 4.99 Å². The van der Waals surface area contributed by atoms with Crippen LogP contribution in [0.3, 0.4) is 0 Å². The molecule has 0 unspecified atom stereocenters. The number of hydrogen-bond acceptors (Lipinski definition) is 5. The minimum absolute atomic E-state index is 0.518.